The molecule has 1 amide bonds. The van der Waals surface area contributed by atoms with E-state index in [-0.39, 0.29) is 6.61 Å². The molecule has 0 aromatic rings. The molecule has 0 atom stereocenters. The minimum atomic E-state index is 0.271. The van der Waals surface area contributed by atoms with Gasteiger partial charge in [-0.1, -0.05) is 13.3 Å². The number of aliphatic hydroxyl groups is 1. The number of piperidine rings is 1. The van der Waals surface area contributed by atoms with Gasteiger partial charge in [-0.05, 0) is 25.2 Å². The van der Waals surface area contributed by atoms with E-state index in [2.05, 4.69) is 6.92 Å². The van der Waals surface area contributed by atoms with Gasteiger partial charge in [0.2, 0.25) is 6.41 Å². The Morgan fingerprint density at radius 2 is 2.06 bits per heavy atom. The number of aliphatic hydroxyl groups excluding tert-OH is 1. The van der Waals surface area contributed by atoms with E-state index < -0.39 is 0 Å². The summed E-state index contributed by atoms with van der Waals surface area (Å²) < 4.78 is 4.78. The number of methoxy groups -OCH3 is 1. The van der Waals surface area contributed by atoms with Crippen LogP contribution in [0.2, 0.25) is 0 Å². The van der Waals surface area contributed by atoms with E-state index >= 15 is 0 Å². The van der Waals surface area contributed by atoms with Gasteiger partial charge >= 0.3 is 0 Å². The summed E-state index contributed by atoms with van der Waals surface area (Å²) in [7, 11) is 1.73. The molecule has 1 aliphatic heterocycles. The molecule has 1 saturated heterocycles. The topological polar surface area (TPSA) is 49.8 Å². The number of likely N-dealkylation sites (tertiary alicyclic amines) is 1. The first-order valence-corrected chi connectivity index (χ1v) is 6.07. The number of amides is 1. The lowest BCUT2D eigenvalue weighted by Crippen LogP contribution is -2.33. The predicted octanol–water partition coefficient (Wildman–Crippen LogP) is 1.28. The Hall–Kier alpha value is -0.610. The summed E-state index contributed by atoms with van der Waals surface area (Å²) in [6.07, 6.45) is 5.21. The molecule has 0 saturated carbocycles. The maximum absolute atomic E-state index is 10.2. The molecule has 4 nitrogen and oxygen atoms in total. The largest absolute Gasteiger partial charge is 0.396 e. The Labute approximate surface area is 98.6 Å². The van der Waals surface area contributed by atoms with Crippen molar-refractivity contribution in [1.82, 2.24) is 4.90 Å². The van der Waals surface area contributed by atoms with Crippen LogP contribution in [0.5, 0.6) is 0 Å². The van der Waals surface area contributed by atoms with Crippen molar-refractivity contribution in [2.24, 2.45) is 5.92 Å². The van der Waals surface area contributed by atoms with Crippen molar-refractivity contribution in [3.05, 3.63) is 0 Å². The number of carbonyl (C=O) groups is 1. The number of carbonyl (C=O) groups excluding carboxylic acids is 1. The highest BCUT2D eigenvalue weighted by Crippen LogP contribution is 2.14. The highest BCUT2D eigenvalue weighted by molar-refractivity contribution is 5.47. The average molecular weight is 231 g/mol. The second kappa shape index (κ2) is 10.9. The fourth-order valence-electron chi connectivity index (χ4n) is 1.53. The molecule has 0 unspecified atom stereocenters. The third-order valence-electron chi connectivity index (χ3n) is 2.76. The van der Waals surface area contributed by atoms with Crippen molar-refractivity contribution in [3.8, 4) is 0 Å². The van der Waals surface area contributed by atoms with Crippen molar-refractivity contribution in [2.45, 2.75) is 32.6 Å². The average Bonchev–Trinajstić information content (AvgIpc) is 2.37. The summed E-state index contributed by atoms with van der Waals surface area (Å²) >= 11 is 0. The molecule has 0 aliphatic carbocycles. The van der Waals surface area contributed by atoms with Crippen molar-refractivity contribution in [3.63, 3.8) is 0 Å². The Bertz CT molecular complexity index is 152. The van der Waals surface area contributed by atoms with Gasteiger partial charge in [-0.3, -0.25) is 4.79 Å². The van der Waals surface area contributed by atoms with Gasteiger partial charge in [0.25, 0.3) is 0 Å². The van der Waals surface area contributed by atoms with Gasteiger partial charge in [0.15, 0.2) is 0 Å². The second-order valence-corrected chi connectivity index (χ2v) is 4.11. The van der Waals surface area contributed by atoms with E-state index in [1.54, 1.807) is 12.0 Å². The Kier molecular flexibility index (Phi) is 10.5. The summed E-state index contributed by atoms with van der Waals surface area (Å²) in [6.45, 7) is 4.96. The molecule has 0 radical (unpaired) electrons. The maximum Gasteiger partial charge on any atom is 0.209 e. The molecule has 0 spiro atoms. The highest BCUT2D eigenvalue weighted by atomic mass is 16.5. The van der Waals surface area contributed by atoms with Gasteiger partial charge in [0.1, 0.15) is 0 Å². The molecular formula is C12H25NO3. The van der Waals surface area contributed by atoms with Crippen LogP contribution >= 0.6 is 0 Å². The molecule has 1 aliphatic rings. The third kappa shape index (κ3) is 7.65. The fraction of sp³-hybridized carbons (Fsp3) is 0.917. The van der Waals surface area contributed by atoms with Crippen LogP contribution in [0.1, 0.15) is 32.6 Å². The first-order valence-electron chi connectivity index (χ1n) is 6.07. The SMILES string of the molecule is CCCCOC.O=CN1CCC(CO)CC1. The van der Waals surface area contributed by atoms with E-state index in [4.69, 9.17) is 9.84 Å². The van der Waals surface area contributed by atoms with Gasteiger partial charge in [0, 0.05) is 33.4 Å². The summed E-state index contributed by atoms with van der Waals surface area (Å²) in [6, 6.07) is 0. The lowest BCUT2D eigenvalue weighted by atomic mass is 9.98. The summed E-state index contributed by atoms with van der Waals surface area (Å²) in [4.78, 5) is 12.0. The van der Waals surface area contributed by atoms with Crippen LogP contribution in [0.15, 0.2) is 0 Å². The van der Waals surface area contributed by atoms with Crippen LogP contribution in [-0.4, -0.2) is 49.8 Å². The Balaban J connectivity index is 0.000000325. The van der Waals surface area contributed by atoms with Crippen LogP contribution < -0.4 is 0 Å². The molecule has 4 heteroatoms. The van der Waals surface area contributed by atoms with Crippen LogP contribution in [0.3, 0.4) is 0 Å². The molecular weight excluding hydrogens is 206 g/mol. The first kappa shape index (κ1) is 15.4. The van der Waals surface area contributed by atoms with Crippen molar-refractivity contribution in [2.75, 3.05) is 33.4 Å². The number of hydrogen-bond donors (Lipinski definition) is 1. The lowest BCUT2D eigenvalue weighted by Gasteiger charge is -2.27. The maximum atomic E-state index is 10.2. The zero-order chi connectivity index (χ0) is 12.2. The van der Waals surface area contributed by atoms with Crippen molar-refractivity contribution in [1.29, 1.82) is 0 Å². The molecule has 1 N–H and O–H groups in total. The van der Waals surface area contributed by atoms with E-state index in [0.717, 1.165) is 38.9 Å². The summed E-state index contributed by atoms with van der Waals surface area (Å²) in [5, 5.41) is 8.74. The lowest BCUT2D eigenvalue weighted by molar-refractivity contribution is -0.119. The van der Waals surface area contributed by atoms with Crippen LogP contribution in [0, 0.1) is 5.92 Å². The van der Waals surface area contributed by atoms with Crippen molar-refractivity contribution >= 4 is 6.41 Å². The quantitative estimate of drug-likeness (QED) is 0.573. The number of unbranched alkanes of at least 4 members (excludes halogenated alkanes) is 1. The van der Waals surface area contributed by atoms with Crippen LogP contribution in [-0.2, 0) is 9.53 Å². The molecule has 1 rings (SSSR count). The van der Waals surface area contributed by atoms with Gasteiger partial charge in [-0.2, -0.15) is 0 Å². The first-order chi connectivity index (χ1) is 7.78. The molecule has 1 heterocycles. The van der Waals surface area contributed by atoms with Crippen LogP contribution in [0.4, 0.5) is 0 Å². The number of nitrogens with zero attached hydrogens (tertiary/aromatic N) is 1. The monoisotopic (exact) mass is 231 g/mol. The van der Waals surface area contributed by atoms with Gasteiger partial charge < -0.3 is 14.7 Å². The highest BCUT2D eigenvalue weighted by Gasteiger charge is 2.16. The standard InChI is InChI=1S/C7H13NO2.C5H12O/c9-5-7-1-3-8(6-10)4-2-7;1-3-4-5-6-2/h6-7,9H,1-5H2;3-5H2,1-2H3. The molecule has 0 bridgehead atoms. The minimum Gasteiger partial charge on any atom is -0.396 e. The summed E-state index contributed by atoms with van der Waals surface area (Å²) in [5.41, 5.74) is 0. The zero-order valence-corrected chi connectivity index (χ0v) is 10.5. The number of hydrogen-bond acceptors (Lipinski definition) is 3. The van der Waals surface area contributed by atoms with E-state index in [0.29, 0.717) is 5.92 Å². The minimum absolute atomic E-state index is 0.271. The van der Waals surface area contributed by atoms with E-state index in [1.165, 1.54) is 12.8 Å². The normalized spacial score (nSPS) is 16.6. The smallest absolute Gasteiger partial charge is 0.209 e. The van der Waals surface area contributed by atoms with Crippen LogP contribution in [0.25, 0.3) is 0 Å². The third-order valence-corrected chi connectivity index (χ3v) is 2.76. The van der Waals surface area contributed by atoms with E-state index in [9.17, 15) is 4.79 Å². The predicted molar refractivity (Wildman–Crippen MR) is 64.2 cm³/mol. The summed E-state index contributed by atoms with van der Waals surface area (Å²) in [5.74, 6) is 0.427. The van der Waals surface area contributed by atoms with Gasteiger partial charge in [-0.15, -0.1) is 0 Å². The molecule has 0 aromatic carbocycles. The van der Waals surface area contributed by atoms with Gasteiger partial charge in [-0.25, -0.2) is 0 Å². The number of ether oxygens (including phenoxy) is 1. The molecule has 0 aromatic heterocycles. The van der Waals surface area contributed by atoms with E-state index in [1.807, 2.05) is 0 Å². The van der Waals surface area contributed by atoms with Crippen molar-refractivity contribution < 1.29 is 14.6 Å². The zero-order valence-electron chi connectivity index (χ0n) is 10.5. The molecule has 96 valence electrons. The van der Waals surface area contributed by atoms with Gasteiger partial charge in [0.05, 0.1) is 0 Å². The molecule has 16 heavy (non-hydrogen) atoms. The fourth-order valence-corrected chi connectivity index (χ4v) is 1.53. The second-order valence-electron chi connectivity index (χ2n) is 4.11. The Morgan fingerprint density at radius 3 is 2.38 bits per heavy atom. The molecule has 1 fully saturated rings. The number of rotatable bonds is 5. The Morgan fingerprint density at radius 1 is 1.44 bits per heavy atom.